The van der Waals surface area contributed by atoms with Crippen LogP contribution in [-0.2, 0) is 11.2 Å². The van der Waals surface area contributed by atoms with Crippen LogP contribution in [0.1, 0.15) is 43.7 Å². The molecule has 1 N–H and O–H groups in total. The van der Waals surface area contributed by atoms with Crippen LogP contribution in [-0.4, -0.2) is 29.3 Å². The molecule has 0 saturated heterocycles. The molecule has 0 radical (unpaired) electrons. The molecule has 0 spiro atoms. The van der Waals surface area contributed by atoms with E-state index in [4.69, 9.17) is 14.6 Å². The number of ether oxygens (including phenoxy) is 2. The van der Waals surface area contributed by atoms with E-state index in [1.165, 1.54) is 0 Å². The van der Waals surface area contributed by atoms with E-state index in [0.717, 1.165) is 48.1 Å². The number of hydrogen-bond donors (Lipinski definition) is 1. The Labute approximate surface area is 168 Å². The highest BCUT2D eigenvalue weighted by atomic mass is 19.1. The molecule has 0 unspecified atom stereocenters. The Morgan fingerprint density at radius 1 is 1.17 bits per heavy atom. The van der Waals surface area contributed by atoms with Gasteiger partial charge in [0.15, 0.2) is 17.4 Å². The topological polar surface area (TPSA) is 68.7 Å². The average molecular weight is 403 g/mol. The average Bonchev–Trinajstić information content (AvgIpc) is 3.15. The molecular weight excluding hydrogens is 380 g/mol. The smallest absolute Gasteiger partial charge is 0.303 e. The molecular formula is C22H23F2NO4. The molecule has 1 aromatic heterocycles. The number of carbonyl (C=O) groups is 1. The van der Waals surface area contributed by atoms with Crippen molar-refractivity contribution in [3.8, 4) is 11.6 Å². The van der Waals surface area contributed by atoms with Crippen LogP contribution in [0.15, 0.2) is 36.0 Å². The summed E-state index contributed by atoms with van der Waals surface area (Å²) in [7, 11) is 0. The summed E-state index contributed by atoms with van der Waals surface area (Å²) < 4.78 is 39.4. The second kappa shape index (κ2) is 9.49. The number of nitrogens with zero attached hydrogens (tertiary/aromatic N) is 1. The third-order valence-electron chi connectivity index (χ3n) is 4.79. The molecule has 7 heteroatoms. The van der Waals surface area contributed by atoms with Crippen molar-refractivity contribution >= 4 is 11.5 Å². The van der Waals surface area contributed by atoms with E-state index >= 15 is 0 Å². The van der Waals surface area contributed by atoms with E-state index in [1.807, 2.05) is 13.0 Å². The Hall–Kier alpha value is -2.96. The van der Waals surface area contributed by atoms with Gasteiger partial charge in [-0.25, -0.2) is 13.8 Å². The molecule has 2 aromatic rings. The van der Waals surface area contributed by atoms with Gasteiger partial charge in [-0.1, -0.05) is 0 Å². The van der Waals surface area contributed by atoms with E-state index in [-0.39, 0.29) is 25.0 Å². The number of carboxylic acid groups (broad SMARTS) is 1. The predicted molar refractivity (Wildman–Crippen MR) is 104 cm³/mol. The molecule has 0 fully saturated rings. The quantitative estimate of drug-likeness (QED) is 0.652. The van der Waals surface area contributed by atoms with Crippen molar-refractivity contribution in [2.45, 2.75) is 39.0 Å². The van der Waals surface area contributed by atoms with E-state index in [1.54, 1.807) is 12.3 Å². The monoisotopic (exact) mass is 403 g/mol. The van der Waals surface area contributed by atoms with Crippen LogP contribution >= 0.6 is 0 Å². The predicted octanol–water partition coefficient (Wildman–Crippen LogP) is 4.79. The molecule has 154 valence electrons. The molecule has 1 aromatic carbocycles. The Balaban J connectivity index is 1.72. The number of benzene rings is 1. The molecule has 1 heterocycles. The lowest BCUT2D eigenvalue weighted by atomic mass is 10.0. The summed E-state index contributed by atoms with van der Waals surface area (Å²) in [4.78, 5) is 14.9. The highest BCUT2D eigenvalue weighted by Gasteiger charge is 2.19. The zero-order valence-corrected chi connectivity index (χ0v) is 16.2. The summed E-state index contributed by atoms with van der Waals surface area (Å²) in [6.07, 6.45) is 4.20. The second-order valence-electron chi connectivity index (χ2n) is 6.82. The van der Waals surface area contributed by atoms with Crippen LogP contribution in [0.5, 0.6) is 11.6 Å². The number of pyridine rings is 1. The number of aromatic nitrogens is 1. The van der Waals surface area contributed by atoms with Gasteiger partial charge in [-0.2, -0.15) is 0 Å². The third kappa shape index (κ3) is 5.31. The Kier molecular flexibility index (Phi) is 6.80. The van der Waals surface area contributed by atoms with Crippen molar-refractivity contribution in [3.05, 3.63) is 58.8 Å². The van der Waals surface area contributed by atoms with Crippen LogP contribution in [0, 0.1) is 11.6 Å². The van der Waals surface area contributed by atoms with Gasteiger partial charge in [0.05, 0.1) is 6.61 Å². The van der Waals surface area contributed by atoms with Crippen LogP contribution in [0.3, 0.4) is 0 Å². The van der Waals surface area contributed by atoms with Crippen molar-refractivity contribution in [2.24, 2.45) is 0 Å². The molecule has 29 heavy (non-hydrogen) atoms. The molecule has 0 atom stereocenters. The molecule has 0 saturated carbocycles. The lowest BCUT2D eigenvalue weighted by Crippen LogP contribution is -2.06. The number of carboxylic acids is 1. The van der Waals surface area contributed by atoms with Crippen molar-refractivity contribution in [1.29, 1.82) is 0 Å². The van der Waals surface area contributed by atoms with Gasteiger partial charge in [-0.15, -0.1) is 0 Å². The van der Waals surface area contributed by atoms with Crippen LogP contribution in [0.2, 0.25) is 0 Å². The largest absolute Gasteiger partial charge is 0.483 e. The first-order valence-electron chi connectivity index (χ1n) is 9.60. The first kappa shape index (κ1) is 20.8. The van der Waals surface area contributed by atoms with Crippen molar-refractivity contribution < 1.29 is 28.2 Å². The highest BCUT2D eigenvalue weighted by Crippen LogP contribution is 2.35. The van der Waals surface area contributed by atoms with Gasteiger partial charge in [-0.3, -0.25) is 4.79 Å². The minimum Gasteiger partial charge on any atom is -0.483 e. The minimum absolute atomic E-state index is 0.0590. The number of rotatable bonds is 9. The van der Waals surface area contributed by atoms with E-state index < -0.39 is 23.4 Å². The SMILES string of the molecule is CCOc1ccc(C2=C(COc3c(F)cc(CCC(=O)O)cc3F)CCC2)cn1. The summed E-state index contributed by atoms with van der Waals surface area (Å²) in [5, 5.41) is 8.71. The van der Waals surface area contributed by atoms with E-state index in [0.29, 0.717) is 12.5 Å². The van der Waals surface area contributed by atoms with Crippen molar-refractivity contribution in [3.63, 3.8) is 0 Å². The lowest BCUT2D eigenvalue weighted by molar-refractivity contribution is -0.136. The summed E-state index contributed by atoms with van der Waals surface area (Å²) in [6.45, 7) is 2.52. The fourth-order valence-corrected chi connectivity index (χ4v) is 3.41. The maximum Gasteiger partial charge on any atom is 0.303 e. The van der Waals surface area contributed by atoms with Gasteiger partial charge in [0.25, 0.3) is 0 Å². The standard InChI is InChI=1S/C22H23F2NO4/c1-2-28-20-8-7-15(12-25-20)17-5-3-4-16(17)13-29-22-18(23)10-14(11-19(22)24)6-9-21(26)27/h7-8,10-12H,2-6,9,13H2,1H3,(H,26,27). The van der Waals surface area contributed by atoms with Gasteiger partial charge >= 0.3 is 5.97 Å². The molecule has 0 aliphatic heterocycles. The normalized spacial score (nSPS) is 13.6. The van der Waals surface area contributed by atoms with Crippen molar-refractivity contribution in [1.82, 2.24) is 4.98 Å². The van der Waals surface area contributed by atoms with Gasteiger partial charge in [0, 0.05) is 18.7 Å². The lowest BCUT2D eigenvalue weighted by Gasteiger charge is -2.13. The third-order valence-corrected chi connectivity index (χ3v) is 4.79. The molecule has 0 amide bonds. The molecule has 1 aliphatic rings. The van der Waals surface area contributed by atoms with Gasteiger partial charge in [-0.05, 0) is 73.1 Å². The maximum absolute atomic E-state index is 14.3. The summed E-state index contributed by atoms with van der Waals surface area (Å²) in [6, 6.07) is 5.98. The van der Waals surface area contributed by atoms with Gasteiger partial charge < -0.3 is 14.6 Å². The van der Waals surface area contributed by atoms with Crippen molar-refractivity contribution in [2.75, 3.05) is 13.2 Å². The van der Waals surface area contributed by atoms with Crippen LogP contribution in [0.4, 0.5) is 8.78 Å². The first-order chi connectivity index (χ1) is 14.0. The minimum atomic E-state index is -1.02. The number of halogens is 2. The molecule has 0 bridgehead atoms. The Bertz CT molecular complexity index is 887. The molecule has 5 nitrogen and oxygen atoms in total. The van der Waals surface area contributed by atoms with E-state index in [9.17, 15) is 13.6 Å². The fourth-order valence-electron chi connectivity index (χ4n) is 3.41. The summed E-state index contributed by atoms with van der Waals surface area (Å²) in [5.74, 6) is -2.55. The van der Waals surface area contributed by atoms with Gasteiger partial charge in [0.1, 0.15) is 6.61 Å². The number of allylic oxidation sites excluding steroid dienone is 1. The first-order valence-corrected chi connectivity index (χ1v) is 9.60. The fraction of sp³-hybridized carbons (Fsp3) is 0.364. The zero-order valence-electron chi connectivity index (χ0n) is 16.2. The number of aliphatic carboxylic acids is 1. The Morgan fingerprint density at radius 2 is 1.93 bits per heavy atom. The molecule has 1 aliphatic carbocycles. The number of aryl methyl sites for hydroxylation is 1. The second-order valence-corrected chi connectivity index (χ2v) is 6.82. The van der Waals surface area contributed by atoms with E-state index in [2.05, 4.69) is 4.98 Å². The molecule has 3 rings (SSSR count). The highest BCUT2D eigenvalue weighted by molar-refractivity contribution is 5.70. The maximum atomic E-state index is 14.3. The summed E-state index contributed by atoms with van der Waals surface area (Å²) >= 11 is 0. The Morgan fingerprint density at radius 3 is 2.55 bits per heavy atom. The summed E-state index contributed by atoms with van der Waals surface area (Å²) in [5.41, 5.74) is 3.31. The van der Waals surface area contributed by atoms with Gasteiger partial charge in [0.2, 0.25) is 5.88 Å². The zero-order chi connectivity index (χ0) is 20.8. The van der Waals surface area contributed by atoms with Crippen LogP contribution in [0.25, 0.3) is 5.57 Å². The number of hydrogen-bond acceptors (Lipinski definition) is 4. The van der Waals surface area contributed by atoms with Crippen LogP contribution < -0.4 is 9.47 Å².